The van der Waals surface area contributed by atoms with Crippen LogP contribution in [0.5, 0.6) is 0 Å². The Morgan fingerprint density at radius 3 is 2.93 bits per heavy atom. The van der Waals surface area contributed by atoms with E-state index in [0.717, 1.165) is 32.1 Å². The molecule has 2 bridgehead atoms. The van der Waals surface area contributed by atoms with Gasteiger partial charge in [-0.1, -0.05) is 13.3 Å². The van der Waals surface area contributed by atoms with Gasteiger partial charge in [0.1, 0.15) is 6.10 Å². The van der Waals surface area contributed by atoms with Crippen molar-refractivity contribution in [2.75, 3.05) is 0 Å². The predicted molar refractivity (Wildman–Crippen MR) is 56.5 cm³/mol. The van der Waals surface area contributed by atoms with Crippen LogP contribution in [0.3, 0.4) is 0 Å². The lowest BCUT2D eigenvalue weighted by Gasteiger charge is -2.28. The normalized spacial score (nSPS) is 40.8. The molecule has 0 N–H and O–H groups in total. The molecule has 2 saturated heterocycles. The minimum atomic E-state index is -0.0883. The summed E-state index contributed by atoms with van der Waals surface area (Å²) in [6.07, 6.45) is 5.51. The Morgan fingerprint density at radius 1 is 1.40 bits per heavy atom. The van der Waals surface area contributed by atoms with E-state index in [0.29, 0.717) is 6.10 Å². The van der Waals surface area contributed by atoms with Gasteiger partial charge in [0.2, 0.25) is 0 Å². The summed E-state index contributed by atoms with van der Waals surface area (Å²) in [4.78, 5) is 11.7. The molecule has 86 valence electrons. The maximum absolute atomic E-state index is 11.7. The Morgan fingerprint density at radius 2 is 2.20 bits per heavy atom. The smallest absolute Gasteiger partial charge is 0.311 e. The lowest BCUT2D eigenvalue weighted by molar-refractivity contribution is -0.166. The molecule has 0 saturated carbocycles. The molecule has 2 fully saturated rings. The van der Waals surface area contributed by atoms with Crippen molar-refractivity contribution in [2.45, 2.75) is 64.3 Å². The highest BCUT2D eigenvalue weighted by Gasteiger charge is 2.38. The van der Waals surface area contributed by atoms with Gasteiger partial charge in [-0.2, -0.15) is 0 Å². The number of fused-ring (bicyclic) bond motifs is 2. The van der Waals surface area contributed by atoms with E-state index in [1.807, 2.05) is 6.92 Å². The van der Waals surface area contributed by atoms with E-state index in [1.54, 1.807) is 0 Å². The summed E-state index contributed by atoms with van der Waals surface area (Å²) in [5, 5.41) is 0. The Balaban J connectivity index is 2.05. The number of cyclic esters (lactones) is 1. The first-order valence-electron chi connectivity index (χ1n) is 6.06. The maximum atomic E-state index is 11.7. The summed E-state index contributed by atoms with van der Waals surface area (Å²) >= 11 is 0. The molecule has 15 heavy (non-hydrogen) atoms. The van der Waals surface area contributed by atoms with Crippen LogP contribution in [-0.4, -0.2) is 24.3 Å². The first kappa shape index (κ1) is 10.9. The molecule has 3 heteroatoms. The topological polar surface area (TPSA) is 35.5 Å². The van der Waals surface area contributed by atoms with Crippen LogP contribution in [0.2, 0.25) is 0 Å². The summed E-state index contributed by atoms with van der Waals surface area (Å²) in [5.74, 6) is -0.159. The average Bonchev–Trinajstić information content (AvgIpc) is 2.65. The zero-order valence-electron chi connectivity index (χ0n) is 9.57. The number of hydrogen-bond acceptors (Lipinski definition) is 3. The van der Waals surface area contributed by atoms with Gasteiger partial charge in [-0.15, -0.1) is 0 Å². The van der Waals surface area contributed by atoms with Gasteiger partial charge in [0.25, 0.3) is 0 Å². The van der Waals surface area contributed by atoms with Crippen LogP contribution in [0.1, 0.15) is 46.0 Å². The Bertz CT molecular complexity index is 239. The van der Waals surface area contributed by atoms with E-state index in [9.17, 15) is 4.79 Å². The van der Waals surface area contributed by atoms with Crippen molar-refractivity contribution in [1.29, 1.82) is 0 Å². The fourth-order valence-electron chi connectivity index (χ4n) is 2.54. The molecule has 4 atom stereocenters. The number of ether oxygens (including phenoxy) is 2. The molecule has 2 aliphatic rings. The summed E-state index contributed by atoms with van der Waals surface area (Å²) in [7, 11) is 0. The van der Waals surface area contributed by atoms with Crippen LogP contribution in [-0.2, 0) is 14.3 Å². The van der Waals surface area contributed by atoms with Crippen molar-refractivity contribution < 1.29 is 14.3 Å². The SMILES string of the molecule is CCC[C@H]1C[C@H]2CC[C@H](O2)[C@H](C)C(=O)O1. The molecule has 0 aromatic heterocycles. The molecular weight excluding hydrogens is 192 g/mol. The van der Waals surface area contributed by atoms with Crippen LogP contribution in [0.4, 0.5) is 0 Å². The first-order chi connectivity index (χ1) is 7.20. The lowest BCUT2D eigenvalue weighted by Crippen LogP contribution is -2.35. The second kappa shape index (κ2) is 4.52. The monoisotopic (exact) mass is 212 g/mol. The molecule has 2 heterocycles. The summed E-state index contributed by atoms with van der Waals surface area (Å²) in [6, 6.07) is 0. The van der Waals surface area contributed by atoms with E-state index in [-0.39, 0.29) is 24.1 Å². The highest BCUT2D eigenvalue weighted by Crippen LogP contribution is 2.32. The van der Waals surface area contributed by atoms with Crippen molar-refractivity contribution in [3.8, 4) is 0 Å². The number of hydrogen-bond donors (Lipinski definition) is 0. The molecule has 0 spiro atoms. The van der Waals surface area contributed by atoms with E-state index >= 15 is 0 Å². The largest absolute Gasteiger partial charge is 0.462 e. The van der Waals surface area contributed by atoms with Gasteiger partial charge in [0.05, 0.1) is 18.1 Å². The lowest BCUT2D eigenvalue weighted by atomic mass is 10.0. The van der Waals surface area contributed by atoms with Crippen LogP contribution in [0.15, 0.2) is 0 Å². The maximum Gasteiger partial charge on any atom is 0.311 e. The van der Waals surface area contributed by atoms with E-state index in [1.165, 1.54) is 0 Å². The number of carbonyl (C=O) groups is 1. The van der Waals surface area contributed by atoms with Crippen molar-refractivity contribution in [3.63, 3.8) is 0 Å². The fourth-order valence-corrected chi connectivity index (χ4v) is 2.54. The van der Waals surface area contributed by atoms with E-state index in [4.69, 9.17) is 9.47 Å². The van der Waals surface area contributed by atoms with Gasteiger partial charge in [-0.05, 0) is 26.2 Å². The number of carbonyl (C=O) groups excluding carboxylic acids is 1. The average molecular weight is 212 g/mol. The predicted octanol–water partition coefficient (Wildman–Crippen LogP) is 2.29. The third-order valence-corrected chi connectivity index (χ3v) is 3.49. The fraction of sp³-hybridized carbons (Fsp3) is 0.917. The molecule has 3 nitrogen and oxygen atoms in total. The van der Waals surface area contributed by atoms with Gasteiger partial charge in [0.15, 0.2) is 0 Å². The van der Waals surface area contributed by atoms with Crippen LogP contribution >= 0.6 is 0 Å². The second-order valence-electron chi connectivity index (χ2n) is 4.75. The van der Waals surface area contributed by atoms with Gasteiger partial charge < -0.3 is 9.47 Å². The summed E-state index contributed by atoms with van der Waals surface area (Å²) < 4.78 is 11.4. The zero-order chi connectivity index (χ0) is 10.8. The van der Waals surface area contributed by atoms with E-state index in [2.05, 4.69) is 6.92 Å². The Labute approximate surface area is 91.1 Å². The molecule has 2 aliphatic heterocycles. The van der Waals surface area contributed by atoms with Crippen molar-refractivity contribution in [1.82, 2.24) is 0 Å². The Hall–Kier alpha value is -0.570. The molecule has 0 aliphatic carbocycles. The van der Waals surface area contributed by atoms with Crippen LogP contribution < -0.4 is 0 Å². The van der Waals surface area contributed by atoms with Gasteiger partial charge >= 0.3 is 5.97 Å². The van der Waals surface area contributed by atoms with Gasteiger partial charge in [-0.25, -0.2) is 0 Å². The number of rotatable bonds is 2. The number of esters is 1. The third kappa shape index (κ3) is 2.33. The van der Waals surface area contributed by atoms with Gasteiger partial charge in [-0.3, -0.25) is 4.79 Å². The highest BCUT2D eigenvalue weighted by molar-refractivity contribution is 5.73. The van der Waals surface area contributed by atoms with Crippen molar-refractivity contribution in [3.05, 3.63) is 0 Å². The highest BCUT2D eigenvalue weighted by atomic mass is 16.6. The minimum Gasteiger partial charge on any atom is -0.462 e. The molecule has 0 amide bonds. The van der Waals surface area contributed by atoms with Gasteiger partial charge in [0, 0.05) is 6.42 Å². The zero-order valence-corrected chi connectivity index (χ0v) is 9.57. The van der Waals surface area contributed by atoms with E-state index < -0.39 is 0 Å². The quantitative estimate of drug-likeness (QED) is 0.659. The van der Waals surface area contributed by atoms with Crippen LogP contribution in [0.25, 0.3) is 0 Å². The third-order valence-electron chi connectivity index (χ3n) is 3.49. The van der Waals surface area contributed by atoms with Crippen molar-refractivity contribution in [2.24, 2.45) is 5.92 Å². The standard InChI is InChI=1S/C12H20O3/c1-3-4-9-7-10-5-6-11(14-10)8(2)12(13)15-9/h8-11H,3-7H2,1-2H3/t8-,9-,10+,11-/m0/s1. The molecule has 0 radical (unpaired) electrons. The molecular formula is C12H20O3. The molecule has 0 aromatic rings. The molecule has 0 unspecified atom stereocenters. The first-order valence-corrected chi connectivity index (χ1v) is 6.06. The molecule has 0 aromatic carbocycles. The second-order valence-corrected chi connectivity index (χ2v) is 4.75. The molecule has 2 rings (SSSR count). The van der Waals surface area contributed by atoms with Crippen molar-refractivity contribution >= 4 is 5.97 Å². The Kier molecular flexibility index (Phi) is 3.29. The van der Waals surface area contributed by atoms with Crippen LogP contribution in [0, 0.1) is 5.92 Å². The minimum absolute atomic E-state index is 0.0706. The summed E-state index contributed by atoms with van der Waals surface area (Å²) in [5.41, 5.74) is 0. The summed E-state index contributed by atoms with van der Waals surface area (Å²) in [6.45, 7) is 4.04.